The number of carbonyl (C=O) groups is 1. The molecule has 1 N–H and O–H groups in total. The summed E-state index contributed by atoms with van der Waals surface area (Å²) in [6.07, 6.45) is 0.886. The zero-order valence-corrected chi connectivity index (χ0v) is 11.2. The predicted octanol–water partition coefficient (Wildman–Crippen LogP) is 1.76. The van der Waals surface area contributed by atoms with Crippen molar-refractivity contribution in [3.63, 3.8) is 0 Å². The fourth-order valence-corrected chi connectivity index (χ4v) is 4.09. The fraction of sp³-hybridized carbons (Fsp3) is 0.462. The third kappa shape index (κ3) is 3.57. The Morgan fingerprint density at radius 2 is 2.22 bits per heavy atom. The summed E-state index contributed by atoms with van der Waals surface area (Å²) in [5.74, 6) is 0.228. The lowest BCUT2D eigenvalue weighted by molar-refractivity contribution is -0.116. The lowest BCUT2D eigenvalue weighted by Gasteiger charge is -2.09. The Bertz CT molecular complexity index is 551. The van der Waals surface area contributed by atoms with E-state index in [2.05, 4.69) is 5.32 Å². The highest BCUT2D eigenvalue weighted by atomic mass is 32.2. The van der Waals surface area contributed by atoms with E-state index in [1.165, 1.54) is 0 Å². The molecule has 1 saturated heterocycles. The normalized spacial score (nSPS) is 21.7. The Kier molecular flexibility index (Phi) is 3.71. The molecular weight excluding hydrogens is 250 g/mol. The number of anilines is 1. The number of nitrogens with one attached hydrogen (secondary N) is 1. The van der Waals surface area contributed by atoms with E-state index in [0.717, 1.165) is 11.3 Å². The summed E-state index contributed by atoms with van der Waals surface area (Å²) in [7, 11) is -2.90. The molecule has 1 aromatic rings. The zero-order chi connectivity index (χ0) is 13.2. The lowest BCUT2D eigenvalue weighted by Crippen LogP contribution is -2.17. The van der Waals surface area contributed by atoms with Gasteiger partial charge in [0.1, 0.15) is 0 Å². The number of hydrogen-bond acceptors (Lipinski definition) is 3. The van der Waals surface area contributed by atoms with Crippen molar-refractivity contribution in [1.82, 2.24) is 0 Å². The average Bonchev–Trinajstić information content (AvgIpc) is 2.57. The molecule has 1 aliphatic heterocycles. The first-order valence-electron chi connectivity index (χ1n) is 6.01. The van der Waals surface area contributed by atoms with Gasteiger partial charge in [-0.05, 0) is 37.0 Å². The van der Waals surface area contributed by atoms with Crippen LogP contribution in [0.4, 0.5) is 5.69 Å². The highest BCUT2D eigenvalue weighted by Crippen LogP contribution is 2.22. The summed E-state index contributed by atoms with van der Waals surface area (Å²) in [4.78, 5) is 11.8. The molecule has 1 atom stereocenters. The molecule has 18 heavy (non-hydrogen) atoms. The van der Waals surface area contributed by atoms with Crippen molar-refractivity contribution < 1.29 is 13.2 Å². The zero-order valence-electron chi connectivity index (χ0n) is 10.3. The molecule has 2 rings (SSSR count). The van der Waals surface area contributed by atoms with E-state index in [1.54, 1.807) is 0 Å². The molecule has 0 spiro atoms. The molecule has 1 aliphatic rings. The number of sulfone groups is 1. The monoisotopic (exact) mass is 267 g/mol. The third-order valence-corrected chi connectivity index (χ3v) is 4.94. The molecule has 5 heteroatoms. The minimum Gasteiger partial charge on any atom is -0.326 e. The second-order valence-corrected chi connectivity index (χ2v) is 7.12. The van der Waals surface area contributed by atoms with Crippen molar-refractivity contribution in [3.05, 3.63) is 29.8 Å². The molecule has 1 fully saturated rings. The Morgan fingerprint density at radius 1 is 1.44 bits per heavy atom. The van der Waals surface area contributed by atoms with Crippen molar-refractivity contribution in [3.8, 4) is 0 Å². The standard InChI is InChI=1S/C13H17NO3S/c1-10-3-2-4-12(7-10)14-13(15)8-11-5-6-18(16,17)9-11/h2-4,7,11H,5-6,8-9H2,1H3,(H,14,15). The van der Waals surface area contributed by atoms with Crippen molar-refractivity contribution in [2.45, 2.75) is 19.8 Å². The Hall–Kier alpha value is -1.36. The van der Waals surface area contributed by atoms with E-state index >= 15 is 0 Å². The molecule has 1 aromatic carbocycles. The topological polar surface area (TPSA) is 63.2 Å². The van der Waals surface area contributed by atoms with Crippen LogP contribution in [0.15, 0.2) is 24.3 Å². The summed E-state index contributed by atoms with van der Waals surface area (Å²) in [5.41, 5.74) is 1.84. The fourth-order valence-electron chi connectivity index (χ4n) is 2.23. The van der Waals surface area contributed by atoms with Gasteiger partial charge in [0.05, 0.1) is 11.5 Å². The van der Waals surface area contributed by atoms with E-state index in [0.29, 0.717) is 6.42 Å². The molecular formula is C13H17NO3S. The Balaban J connectivity index is 1.90. The van der Waals surface area contributed by atoms with Crippen molar-refractivity contribution >= 4 is 21.4 Å². The van der Waals surface area contributed by atoms with Crippen LogP contribution in [-0.4, -0.2) is 25.8 Å². The summed E-state index contributed by atoms with van der Waals surface area (Å²) < 4.78 is 22.6. The molecule has 0 radical (unpaired) electrons. The summed E-state index contributed by atoms with van der Waals surface area (Å²) >= 11 is 0. The Morgan fingerprint density at radius 3 is 2.83 bits per heavy atom. The van der Waals surface area contributed by atoms with Gasteiger partial charge in [-0.3, -0.25) is 4.79 Å². The smallest absolute Gasteiger partial charge is 0.224 e. The number of hydrogen-bond donors (Lipinski definition) is 1. The summed E-state index contributed by atoms with van der Waals surface area (Å²) in [6.45, 7) is 1.96. The van der Waals surface area contributed by atoms with Crippen molar-refractivity contribution in [2.75, 3.05) is 16.8 Å². The molecule has 1 heterocycles. The summed E-state index contributed by atoms with van der Waals surface area (Å²) in [5, 5.41) is 2.80. The molecule has 0 saturated carbocycles. The molecule has 0 bridgehead atoms. The van der Waals surface area contributed by atoms with Crippen LogP contribution in [0, 0.1) is 12.8 Å². The highest BCUT2D eigenvalue weighted by molar-refractivity contribution is 7.91. The molecule has 1 unspecified atom stereocenters. The molecule has 1 amide bonds. The first-order valence-corrected chi connectivity index (χ1v) is 7.84. The quantitative estimate of drug-likeness (QED) is 0.907. The molecule has 0 aliphatic carbocycles. The van der Waals surface area contributed by atoms with Gasteiger partial charge < -0.3 is 5.32 Å². The van der Waals surface area contributed by atoms with Gasteiger partial charge in [-0.1, -0.05) is 12.1 Å². The Labute approximate surface area is 107 Å². The number of carbonyl (C=O) groups excluding carboxylic acids is 1. The molecule has 4 nitrogen and oxygen atoms in total. The van der Waals surface area contributed by atoms with Gasteiger partial charge in [-0.2, -0.15) is 0 Å². The second kappa shape index (κ2) is 5.10. The van der Waals surface area contributed by atoms with Gasteiger partial charge in [0.25, 0.3) is 0 Å². The maximum atomic E-state index is 11.8. The second-order valence-electron chi connectivity index (χ2n) is 4.89. The van der Waals surface area contributed by atoms with Crippen LogP contribution in [0.1, 0.15) is 18.4 Å². The maximum Gasteiger partial charge on any atom is 0.224 e. The largest absolute Gasteiger partial charge is 0.326 e. The van der Waals surface area contributed by atoms with Gasteiger partial charge >= 0.3 is 0 Å². The lowest BCUT2D eigenvalue weighted by atomic mass is 10.0. The molecule has 98 valence electrons. The minimum absolute atomic E-state index is 0.0280. The first kappa shape index (κ1) is 13.1. The van der Waals surface area contributed by atoms with Crippen LogP contribution < -0.4 is 5.32 Å². The van der Waals surface area contributed by atoms with Gasteiger partial charge in [0.15, 0.2) is 9.84 Å². The van der Waals surface area contributed by atoms with E-state index in [9.17, 15) is 13.2 Å². The number of rotatable bonds is 3. The van der Waals surface area contributed by atoms with Crippen LogP contribution in [0.5, 0.6) is 0 Å². The maximum absolute atomic E-state index is 11.8. The van der Waals surface area contributed by atoms with Gasteiger partial charge in [-0.15, -0.1) is 0 Å². The third-order valence-electron chi connectivity index (χ3n) is 3.10. The summed E-state index contributed by atoms with van der Waals surface area (Å²) in [6, 6.07) is 7.56. The number of aryl methyl sites for hydroxylation is 1. The first-order chi connectivity index (χ1) is 8.44. The SMILES string of the molecule is Cc1cccc(NC(=O)CC2CCS(=O)(=O)C2)c1. The van der Waals surface area contributed by atoms with E-state index in [1.807, 2.05) is 31.2 Å². The van der Waals surface area contributed by atoms with E-state index < -0.39 is 9.84 Å². The average molecular weight is 267 g/mol. The van der Waals surface area contributed by atoms with Gasteiger partial charge in [0.2, 0.25) is 5.91 Å². The van der Waals surface area contributed by atoms with Gasteiger partial charge in [0, 0.05) is 12.1 Å². The minimum atomic E-state index is -2.90. The van der Waals surface area contributed by atoms with Crippen LogP contribution >= 0.6 is 0 Å². The van der Waals surface area contributed by atoms with E-state index in [-0.39, 0.29) is 29.8 Å². The van der Waals surface area contributed by atoms with Crippen LogP contribution in [-0.2, 0) is 14.6 Å². The van der Waals surface area contributed by atoms with Crippen LogP contribution in [0.3, 0.4) is 0 Å². The van der Waals surface area contributed by atoms with Crippen molar-refractivity contribution in [2.24, 2.45) is 5.92 Å². The van der Waals surface area contributed by atoms with Crippen LogP contribution in [0.25, 0.3) is 0 Å². The van der Waals surface area contributed by atoms with Crippen molar-refractivity contribution in [1.29, 1.82) is 0 Å². The van der Waals surface area contributed by atoms with Gasteiger partial charge in [-0.25, -0.2) is 8.42 Å². The van der Waals surface area contributed by atoms with Crippen LogP contribution in [0.2, 0.25) is 0 Å². The van der Waals surface area contributed by atoms with E-state index in [4.69, 9.17) is 0 Å². The highest BCUT2D eigenvalue weighted by Gasteiger charge is 2.29. The molecule has 0 aromatic heterocycles. The number of benzene rings is 1. The predicted molar refractivity (Wildman–Crippen MR) is 71.2 cm³/mol. The number of amides is 1.